The van der Waals surface area contributed by atoms with Gasteiger partial charge in [-0.15, -0.1) is 13.2 Å². The molecule has 2 aliphatic rings. The molecule has 2 atom stereocenters. The highest BCUT2D eigenvalue weighted by molar-refractivity contribution is 5.69. The Bertz CT molecular complexity index is 820. The van der Waals surface area contributed by atoms with Crippen LogP contribution in [0.25, 0.3) is 5.57 Å². The zero-order valence-corrected chi connectivity index (χ0v) is 14.7. The van der Waals surface area contributed by atoms with Gasteiger partial charge in [-0.25, -0.2) is 0 Å². The predicted molar refractivity (Wildman–Crippen MR) is 96.1 cm³/mol. The lowest BCUT2D eigenvalue weighted by atomic mass is 9.89. The first kappa shape index (κ1) is 18.1. The molecule has 0 N–H and O–H groups in total. The number of hydrogen-bond acceptors (Lipinski definition) is 3. The van der Waals surface area contributed by atoms with Gasteiger partial charge in [-0.05, 0) is 35.3 Å². The largest absolute Gasteiger partial charge is 0.573 e. The normalized spacial score (nSPS) is 23.0. The number of nitrogens with zero attached hydrogens (tertiary/aromatic N) is 1. The Kier molecular flexibility index (Phi) is 4.93. The summed E-state index contributed by atoms with van der Waals surface area (Å²) in [6, 6.07) is 16.8. The molecule has 0 aromatic heterocycles. The topological polar surface area (TPSA) is 21.7 Å². The van der Waals surface area contributed by atoms with E-state index in [9.17, 15) is 13.2 Å². The molecule has 2 aromatic rings. The third-order valence-electron chi connectivity index (χ3n) is 4.99. The van der Waals surface area contributed by atoms with Gasteiger partial charge in [0.1, 0.15) is 5.75 Å². The van der Waals surface area contributed by atoms with Gasteiger partial charge in [0.2, 0.25) is 0 Å². The predicted octanol–water partition coefficient (Wildman–Crippen LogP) is 4.64. The minimum absolute atomic E-state index is 0.111. The molecule has 1 saturated heterocycles. The van der Waals surface area contributed by atoms with Gasteiger partial charge in [-0.1, -0.05) is 48.5 Å². The Morgan fingerprint density at radius 3 is 2.59 bits per heavy atom. The summed E-state index contributed by atoms with van der Waals surface area (Å²) in [5.41, 5.74) is 3.06. The van der Waals surface area contributed by atoms with Gasteiger partial charge >= 0.3 is 6.36 Å². The summed E-state index contributed by atoms with van der Waals surface area (Å²) in [6.07, 6.45) is -1.83. The molecule has 2 heterocycles. The number of morpholine rings is 1. The van der Waals surface area contributed by atoms with E-state index in [4.69, 9.17) is 4.74 Å². The molecular weight excluding hydrogens is 355 g/mol. The van der Waals surface area contributed by atoms with Crippen LogP contribution in [-0.2, 0) is 11.3 Å². The number of ether oxygens (including phenoxy) is 2. The number of benzene rings is 2. The van der Waals surface area contributed by atoms with Gasteiger partial charge in [0.25, 0.3) is 0 Å². The van der Waals surface area contributed by atoms with Crippen LogP contribution in [0.3, 0.4) is 0 Å². The van der Waals surface area contributed by atoms with Crippen LogP contribution in [0, 0.1) is 0 Å². The lowest BCUT2D eigenvalue weighted by Gasteiger charge is -2.44. The van der Waals surface area contributed by atoms with Crippen molar-refractivity contribution in [2.24, 2.45) is 0 Å². The van der Waals surface area contributed by atoms with Crippen molar-refractivity contribution < 1.29 is 22.6 Å². The quantitative estimate of drug-likeness (QED) is 0.777. The first-order valence-electron chi connectivity index (χ1n) is 8.92. The fourth-order valence-corrected chi connectivity index (χ4v) is 3.81. The van der Waals surface area contributed by atoms with Crippen molar-refractivity contribution in [3.63, 3.8) is 0 Å². The third-order valence-corrected chi connectivity index (χ3v) is 4.99. The first-order valence-corrected chi connectivity index (χ1v) is 8.92. The minimum Gasteiger partial charge on any atom is -0.406 e. The van der Waals surface area contributed by atoms with Crippen molar-refractivity contribution in [1.29, 1.82) is 0 Å². The molecule has 0 spiro atoms. The van der Waals surface area contributed by atoms with Gasteiger partial charge in [0.05, 0.1) is 19.3 Å². The highest BCUT2D eigenvalue weighted by atomic mass is 19.4. The summed E-state index contributed by atoms with van der Waals surface area (Å²) >= 11 is 0. The Labute approximate surface area is 156 Å². The molecule has 3 nitrogen and oxygen atoms in total. The second kappa shape index (κ2) is 7.37. The van der Waals surface area contributed by atoms with Crippen molar-refractivity contribution in [3.8, 4) is 5.75 Å². The van der Waals surface area contributed by atoms with Gasteiger partial charge in [-0.2, -0.15) is 0 Å². The Morgan fingerprint density at radius 2 is 1.85 bits per heavy atom. The fraction of sp³-hybridized carbons (Fsp3) is 0.333. The number of fused-ring (bicyclic) bond motifs is 2. The minimum atomic E-state index is -4.68. The van der Waals surface area contributed by atoms with Crippen molar-refractivity contribution >= 4 is 5.57 Å². The van der Waals surface area contributed by atoms with Gasteiger partial charge in [0.15, 0.2) is 0 Å². The molecular formula is C21H20F3NO2. The lowest BCUT2D eigenvalue weighted by molar-refractivity contribution is -0.274. The van der Waals surface area contributed by atoms with Crippen LogP contribution in [0.5, 0.6) is 5.75 Å². The second-order valence-corrected chi connectivity index (χ2v) is 6.89. The van der Waals surface area contributed by atoms with E-state index >= 15 is 0 Å². The maximum absolute atomic E-state index is 12.5. The summed E-state index contributed by atoms with van der Waals surface area (Å²) in [7, 11) is 0. The summed E-state index contributed by atoms with van der Waals surface area (Å²) in [5.74, 6) is -0.186. The molecule has 2 unspecified atom stereocenters. The highest BCUT2D eigenvalue weighted by Gasteiger charge is 2.35. The van der Waals surface area contributed by atoms with Crippen molar-refractivity contribution in [3.05, 3.63) is 71.8 Å². The zero-order chi connectivity index (χ0) is 18.9. The van der Waals surface area contributed by atoms with E-state index in [1.807, 2.05) is 24.3 Å². The van der Waals surface area contributed by atoms with E-state index in [2.05, 4.69) is 27.8 Å². The Hall–Kier alpha value is -2.31. The summed E-state index contributed by atoms with van der Waals surface area (Å²) in [5, 5.41) is 0. The van der Waals surface area contributed by atoms with Crippen LogP contribution in [0.15, 0.2) is 60.7 Å². The molecule has 1 fully saturated rings. The number of halogens is 3. The fourth-order valence-electron chi connectivity index (χ4n) is 3.81. The van der Waals surface area contributed by atoms with Crippen molar-refractivity contribution in [2.75, 3.05) is 13.2 Å². The van der Waals surface area contributed by atoms with Crippen LogP contribution in [0.4, 0.5) is 13.2 Å². The first-order chi connectivity index (χ1) is 13.0. The third kappa shape index (κ3) is 4.34. The van der Waals surface area contributed by atoms with E-state index in [0.717, 1.165) is 24.1 Å². The molecule has 27 heavy (non-hydrogen) atoms. The van der Waals surface area contributed by atoms with E-state index < -0.39 is 6.36 Å². The molecule has 6 heteroatoms. The van der Waals surface area contributed by atoms with Crippen molar-refractivity contribution in [2.45, 2.75) is 31.4 Å². The van der Waals surface area contributed by atoms with Gasteiger partial charge in [-0.3, -0.25) is 4.90 Å². The molecule has 0 saturated carbocycles. The zero-order valence-electron chi connectivity index (χ0n) is 14.7. The van der Waals surface area contributed by atoms with Crippen LogP contribution < -0.4 is 4.74 Å². The molecule has 2 aliphatic heterocycles. The van der Waals surface area contributed by atoms with Gasteiger partial charge < -0.3 is 9.47 Å². The smallest absolute Gasteiger partial charge is 0.406 e. The van der Waals surface area contributed by atoms with Crippen LogP contribution in [0.1, 0.15) is 17.5 Å². The number of rotatable bonds is 4. The Morgan fingerprint density at radius 1 is 1.04 bits per heavy atom. The molecule has 4 rings (SSSR count). The maximum atomic E-state index is 12.5. The van der Waals surface area contributed by atoms with Crippen LogP contribution in [0.2, 0.25) is 0 Å². The van der Waals surface area contributed by atoms with Crippen molar-refractivity contribution in [1.82, 2.24) is 4.90 Å². The molecule has 0 radical (unpaired) electrons. The highest BCUT2D eigenvalue weighted by Crippen LogP contribution is 2.35. The van der Waals surface area contributed by atoms with E-state index in [0.29, 0.717) is 13.2 Å². The van der Waals surface area contributed by atoms with Crippen LogP contribution >= 0.6 is 0 Å². The van der Waals surface area contributed by atoms with E-state index in [-0.39, 0.29) is 17.8 Å². The molecule has 142 valence electrons. The van der Waals surface area contributed by atoms with E-state index in [1.165, 1.54) is 17.7 Å². The number of hydrogen-bond donors (Lipinski definition) is 0. The average molecular weight is 375 g/mol. The number of alkyl halides is 3. The van der Waals surface area contributed by atoms with E-state index in [1.54, 1.807) is 6.07 Å². The lowest BCUT2D eigenvalue weighted by Crippen LogP contribution is -2.53. The Balaban J connectivity index is 1.56. The second-order valence-electron chi connectivity index (χ2n) is 6.89. The summed E-state index contributed by atoms with van der Waals surface area (Å²) < 4.78 is 47.3. The monoisotopic (exact) mass is 375 g/mol. The average Bonchev–Trinajstić information content (AvgIpc) is 2.61. The summed E-state index contributed by atoms with van der Waals surface area (Å²) in [6.45, 7) is 2.05. The maximum Gasteiger partial charge on any atom is 0.573 e. The SMILES string of the molecule is FC(F)(F)Oc1cccc(C2=CC3COCC(C2)N3Cc2ccccc2)c1. The van der Waals surface area contributed by atoms with Crippen LogP contribution in [-0.4, -0.2) is 36.6 Å². The molecule has 2 aromatic carbocycles. The molecule has 2 bridgehead atoms. The molecule has 0 aliphatic carbocycles. The van der Waals surface area contributed by atoms with Gasteiger partial charge in [0, 0.05) is 12.6 Å². The summed E-state index contributed by atoms with van der Waals surface area (Å²) in [4.78, 5) is 2.42. The molecule has 0 amide bonds. The standard InChI is InChI=1S/C21H20F3NO2/c22-21(23,24)27-20-8-4-7-16(11-20)17-9-18-13-26-14-19(10-17)25(18)12-15-5-2-1-3-6-15/h1-9,11,18-19H,10,12-14H2.